The normalized spacial score (nSPS) is 23.8. The van der Waals surface area contributed by atoms with Gasteiger partial charge in [0, 0.05) is 13.2 Å². The third kappa shape index (κ3) is 1.92. The molecule has 1 saturated carbocycles. The van der Waals surface area contributed by atoms with Gasteiger partial charge >= 0.3 is 0 Å². The van der Waals surface area contributed by atoms with Gasteiger partial charge in [0.15, 0.2) is 11.5 Å². The molecule has 1 aliphatic rings. The summed E-state index contributed by atoms with van der Waals surface area (Å²) in [4.78, 5) is 12.4. The molecule has 96 valence electrons. The van der Waals surface area contributed by atoms with Crippen molar-refractivity contribution in [3.8, 4) is 0 Å². The first-order chi connectivity index (χ1) is 8.78. The van der Waals surface area contributed by atoms with Gasteiger partial charge in [0.25, 0.3) is 0 Å². The van der Waals surface area contributed by atoms with Crippen LogP contribution in [-0.4, -0.2) is 31.2 Å². The van der Waals surface area contributed by atoms with Gasteiger partial charge in [-0.3, -0.25) is 0 Å². The highest BCUT2D eigenvalue weighted by Gasteiger charge is 2.24. The van der Waals surface area contributed by atoms with Gasteiger partial charge in [-0.25, -0.2) is 15.0 Å². The molecule has 0 bridgehead atoms. The number of aromatic nitrogens is 4. The summed E-state index contributed by atoms with van der Waals surface area (Å²) in [6.45, 7) is 1.19. The molecule has 6 heteroatoms. The maximum absolute atomic E-state index is 9.16. The Kier molecular flexibility index (Phi) is 2.87. The average molecular weight is 247 g/mol. The zero-order valence-electron chi connectivity index (χ0n) is 10.2. The van der Waals surface area contributed by atoms with Crippen LogP contribution < -0.4 is 5.73 Å². The number of rotatable bonds is 3. The molecule has 0 amide bonds. The van der Waals surface area contributed by atoms with Crippen LogP contribution in [0.2, 0.25) is 0 Å². The van der Waals surface area contributed by atoms with Crippen LogP contribution in [0.15, 0.2) is 12.7 Å². The highest BCUT2D eigenvalue weighted by atomic mass is 16.3. The van der Waals surface area contributed by atoms with Crippen molar-refractivity contribution in [1.82, 2.24) is 19.5 Å². The lowest BCUT2D eigenvalue weighted by molar-refractivity contribution is 0.225. The maximum Gasteiger partial charge on any atom is 0.165 e. The first-order valence-electron chi connectivity index (χ1n) is 6.30. The molecule has 0 aliphatic heterocycles. The molecular formula is C12H17N5O. The minimum atomic E-state index is 0.302. The van der Waals surface area contributed by atoms with Crippen LogP contribution in [0.5, 0.6) is 0 Å². The molecule has 18 heavy (non-hydrogen) atoms. The fourth-order valence-electron chi connectivity index (χ4n) is 2.82. The molecule has 2 atom stereocenters. The van der Waals surface area contributed by atoms with Gasteiger partial charge < -0.3 is 15.4 Å². The number of hydrogen-bond acceptors (Lipinski definition) is 5. The highest BCUT2D eigenvalue weighted by Crippen LogP contribution is 2.32. The summed E-state index contributed by atoms with van der Waals surface area (Å²) in [6.07, 6.45) is 6.61. The molecule has 2 aromatic rings. The van der Waals surface area contributed by atoms with E-state index in [0.717, 1.165) is 31.5 Å². The predicted octanol–water partition coefficient (Wildman–Crippen LogP) is 0.817. The molecule has 3 rings (SSSR count). The number of hydrogen-bond donors (Lipinski definition) is 2. The van der Waals surface area contributed by atoms with E-state index >= 15 is 0 Å². The lowest BCUT2D eigenvalue weighted by Crippen LogP contribution is -2.09. The SMILES string of the molecule is Nc1ncnc2c1ncn2CC1CCC(CO)C1. The Morgan fingerprint density at radius 1 is 1.28 bits per heavy atom. The second-order valence-electron chi connectivity index (χ2n) is 5.06. The van der Waals surface area contributed by atoms with Crippen molar-refractivity contribution in [2.45, 2.75) is 25.8 Å². The molecule has 6 nitrogen and oxygen atoms in total. The molecular weight excluding hydrogens is 230 g/mol. The summed E-state index contributed by atoms with van der Waals surface area (Å²) in [7, 11) is 0. The molecule has 0 aromatic carbocycles. The molecule has 1 aliphatic carbocycles. The smallest absolute Gasteiger partial charge is 0.165 e. The summed E-state index contributed by atoms with van der Waals surface area (Å²) in [5.74, 6) is 1.48. The van der Waals surface area contributed by atoms with E-state index in [2.05, 4.69) is 15.0 Å². The van der Waals surface area contributed by atoms with Crippen LogP contribution in [0.4, 0.5) is 5.82 Å². The number of anilines is 1. The summed E-state index contributed by atoms with van der Waals surface area (Å²) >= 11 is 0. The van der Waals surface area contributed by atoms with Gasteiger partial charge in [-0.2, -0.15) is 0 Å². The van der Waals surface area contributed by atoms with Crippen molar-refractivity contribution in [3.63, 3.8) is 0 Å². The van der Waals surface area contributed by atoms with Crippen molar-refractivity contribution in [1.29, 1.82) is 0 Å². The van der Waals surface area contributed by atoms with E-state index in [1.54, 1.807) is 6.33 Å². The van der Waals surface area contributed by atoms with Crippen LogP contribution in [-0.2, 0) is 6.54 Å². The van der Waals surface area contributed by atoms with Crippen LogP contribution in [0, 0.1) is 11.8 Å². The zero-order chi connectivity index (χ0) is 12.5. The van der Waals surface area contributed by atoms with Gasteiger partial charge in [0.2, 0.25) is 0 Å². The Bertz CT molecular complexity index is 552. The van der Waals surface area contributed by atoms with Gasteiger partial charge in [-0.15, -0.1) is 0 Å². The van der Waals surface area contributed by atoms with Crippen molar-refractivity contribution < 1.29 is 5.11 Å². The van der Waals surface area contributed by atoms with Crippen molar-refractivity contribution >= 4 is 17.0 Å². The number of fused-ring (bicyclic) bond motifs is 1. The van der Waals surface area contributed by atoms with Crippen LogP contribution in [0.3, 0.4) is 0 Å². The fourth-order valence-corrected chi connectivity index (χ4v) is 2.82. The molecule has 0 saturated heterocycles. The van der Waals surface area contributed by atoms with Gasteiger partial charge in [-0.05, 0) is 31.1 Å². The lowest BCUT2D eigenvalue weighted by Gasteiger charge is -2.11. The van der Waals surface area contributed by atoms with E-state index in [9.17, 15) is 0 Å². The maximum atomic E-state index is 9.16. The Labute approximate surface area is 105 Å². The molecule has 0 spiro atoms. The molecule has 1 fully saturated rings. The summed E-state index contributed by atoms with van der Waals surface area (Å²) in [6, 6.07) is 0. The van der Waals surface area contributed by atoms with E-state index in [1.165, 1.54) is 6.33 Å². The fraction of sp³-hybridized carbons (Fsp3) is 0.583. The van der Waals surface area contributed by atoms with Crippen LogP contribution in [0.1, 0.15) is 19.3 Å². The average Bonchev–Trinajstić information content (AvgIpc) is 2.98. The van der Waals surface area contributed by atoms with Gasteiger partial charge in [0.1, 0.15) is 11.8 Å². The number of nitrogen functional groups attached to an aromatic ring is 1. The minimum absolute atomic E-state index is 0.302. The van der Waals surface area contributed by atoms with E-state index in [4.69, 9.17) is 10.8 Å². The first kappa shape index (κ1) is 11.4. The zero-order valence-corrected chi connectivity index (χ0v) is 10.2. The molecule has 2 unspecified atom stereocenters. The second-order valence-corrected chi connectivity index (χ2v) is 5.06. The Morgan fingerprint density at radius 3 is 2.89 bits per heavy atom. The van der Waals surface area contributed by atoms with E-state index in [-0.39, 0.29) is 0 Å². The van der Waals surface area contributed by atoms with E-state index in [0.29, 0.717) is 29.8 Å². The van der Waals surface area contributed by atoms with E-state index in [1.807, 2.05) is 4.57 Å². The van der Waals surface area contributed by atoms with Crippen molar-refractivity contribution in [3.05, 3.63) is 12.7 Å². The first-order valence-corrected chi connectivity index (χ1v) is 6.30. The van der Waals surface area contributed by atoms with Crippen LogP contribution in [0.25, 0.3) is 11.2 Å². The lowest BCUT2D eigenvalue weighted by atomic mass is 10.1. The highest BCUT2D eigenvalue weighted by molar-refractivity contribution is 5.81. The van der Waals surface area contributed by atoms with E-state index < -0.39 is 0 Å². The topological polar surface area (TPSA) is 89.9 Å². The second kappa shape index (κ2) is 4.53. The third-order valence-electron chi connectivity index (χ3n) is 3.79. The number of imidazole rings is 1. The number of aliphatic hydroxyl groups is 1. The van der Waals surface area contributed by atoms with Crippen molar-refractivity contribution in [2.24, 2.45) is 11.8 Å². The molecule has 2 heterocycles. The Morgan fingerprint density at radius 2 is 2.11 bits per heavy atom. The number of aliphatic hydroxyl groups excluding tert-OH is 1. The van der Waals surface area contributed by atoms with Gasteiger partial charge in [0.05, 0.1) is 6.33 Å². The molecule has 2 aromatic heterocycles. The molecule has 3 N–H and O–H groups in total. The monoisotopic (exact) mass is 247 g/mol. The Balaban J connectivity index is 1.81. The predicted molar refractivity (Wildman–Crippen MR) is 67.7 cm³/mol. The molecule has 0 radical (unpaired) electrons. The summed E-state index contributed by atoms with van der Waals surface area (Å²) in [5.41, 5.74) is 7.24. The quantitative estimate of drug-likeness (QED) is 0.838. The summed E-state index contributed by atoms with van der Waals surface area (Å²) in [5, 5.41) is 9.16. The van der Waals surface area contributed by atoms with Crippen molar-refractivity contribution in [2.75, 3.05) is 12.3 Å². The van der Waals surface area contributed by atoms with Gasteiger partial charge in [-0.1, -0.05) is 0 Å². The summed E-state index contributed by atoms with van der Waals surface area (Å²) < 4.78 is 2.04. The van der Waals surface area contributed by atoms with Crippen LogP contribution >= 0.6 is 0 Å². The Hall–Kier alpha value is -1.69. The standard InChI is InChI=1S/C12H17N5O/c13-11-10-12(15-6-14-11)17(7-16-10)4-8-1-2-9(3-8)5-18/h6-9,18H,1-5H2,(H2,13,14,15). The number of nitrogens with zero attached hydrogens (tertiary/aromatic N) is 4. The third-order valence-corrected chi connectivity index (χ3v) is 3.79. The minimum Gasteiger partial charge on any atom is -0.396 e. The largest absolute Gasteiger partial charge is 0.396 e. The number of nitrogens with two attached hydrogens (primary N) is 1.